The van der Waals surface area contributed by atoms with Crippen molar-refractivity contribution >= 4 is 18.0 Å². The highest BCUT2D eigenvalue weighted by molar-refractivity contribution is 5.87. The Kier molecular flexibility index (Phi) is 6.26. The SMILES string of the molecule is O=C(NC[C@H]1C[C@H]1C(=O)N1CCCCCC1C(=O)O)OCC1c2ccccc2-c2ccccc21. The lowest BCUT2D eigenvalue weighted by Crippen LogP contribution is -2.45. The highest BCUT2D eigenvalue weighted by atomic mass is 16.5. The van der Waals surface area contributed by atoms with Gasteiger partial charge in [-0.15, -0.1) is 0 Å². The lowest BCUT2D eigenvalue weighted by molar-refractivity contribution is -0.150. The van der Waals surface area contributed by atoms with Crippen molar-refractivity contribution < 1.29 is 24.2 Å². The monoisotopic (exact) mass is 462 g/mol. The minimum atomic E-state index is -0.927. The highest BCUT2D eigenvalue weighted by Crippen LogP contribution is 2.44. The summed E-state index contributed by atoms with van der Waals surface area (Å²) in [5.74, 6) is -1.19. The molecule has 1 saturated heterocycles. The minimum absolute atomic E-state index is 0.00406. The van der Waals surface area contributed by atoms with Crippen LogP contribution in [0.5, 0.6) is 0 Å². The van der Waals surface area contributed by atoms with Gasteiger partial charge >= 0.3 is 12.1 Å². The van der Waals surface area contributed by atoms with Gasteiger partial charge in [0.05, 0.1) is 0 Å². The molecule has 3 atom stereocenters. The zero-order valence-corrected chi connectivity index (χ0v) is 19.1. The van der Waals surface area contributed by atoms with Gasteiger partial charge in [-0.25, -0.2) is 9.59 Å². The number of nitrogens with one attached hydrogen (secondary N) is 1. The van der Waals surface area contributed by atoms with Crippen molar-refractivity contribution in [3.8, 4) is 11.1 Å². The summed E-state index contributed by atoms with van der Waals surface area (Å²) in [7, 11) is 0. The molecule has 0 bridgehead atoms. The molecule has 2 N–H and O–H groups in total. The molecule has 1 heterocycles. The maximum absolute atomic E-state index is 12.9. The van der Waals surface area contributed by atoms with Crippen molar-refractivity contribution in [1.29, 1.82) is 0 Å². The molecule has 7 nitrogen and oxygen atoms in total. The van der Waals surface area contributed by atoms with Gasteiger partial charge in [-0.1, -0.05) is 61.4 Å². The van der Waals surface area contributed by atoms with E-state index in [2.05, 4.69) is 29.6 Å². The van der Waals surface area contributed by atoms with E-state index in [0.717, 1.165) is 30.4 Å². The fourth-order valence-corrected chi connectivity index (χ4v) is 5.48. The number of aliphatic carboxylic acids is 1. The second-order valence-corrected chi connectivity index (χ2v) is 9.54. The largest absolute Gasteiger partial charge is 0.480 e. The van der Waals surface area contributed by atoms with Gasteiger partial charge in [0.15, 0.2) is 0 Å². The predicted octanol–water partition coefficient (Wildman–Crippen LogP) is 4.02. The first-order chi connectivity index (χ1) is 16.5. The molecule has 2 aliphatic carbocycles. The van der Waals surface area contributed by atoms with Gasteiger partial charge in [0.25, 0.3) is 0 Å². The van der Waals surface area contributed by atoms with Crippen LogP contribution < -0.4 is 5.32 Å². The van der Waals surface area contributed by atoms with Crippen LogP contribution in [0.1, 0.15) is 49.1 Å². The second-order valence-electron chi connectivity index (χ2n) is 9.54. The van der Waals surface area contributed by atoms with Gasteiger partial charge in [-0.05, 0) is 47.4 Å². The van der Waals surface area contributed by atoms with Crippen LogP contribution in [-0.2, 0) is 14.3 Å². The maximum Gasteiger partial charge on any atom is 0.407 e. The molecule has 1 saturated carbocycles. The number of carboxylic acid groups (broad SMARTS) is 1. The van der Waals surface area contributed by atoms with E-state index in [1.165, 1.54) is 11.1 Å². The van der Waals surface area contributed by atoms with Gasteiger partial charge in [-0.3, -0.25) is 4.79 Å². The van der Waals surface area contributed by atoms with E-state index >= 15 is 0 Å². The smallest absolute Gasteiger partial charge is 0.407 e. The number of carbonyl (C=O) groups is 3. The molecule has 178 valence electrons. The number of carbonyl (C=O) groups excluding carboxylic acids is 2. The summed E-state index contributed by atoms with van der Waals surface area (Å²) in [6.45, 7) is 1.11. The number of nitrogens with zero attached hydrogens (tertiary/aromatic N) is 1. The lowest BCUT2D eigenvalue weighted by atomic mass is 9.98. The maximum atomic E-state index is 12.9. The Morgan fingerprint density at radius 2 is 1.65 bits per heavy atom. The number of alkyl carbamates (subject to hydrolysis) is 1. The van der Waals surface area contributed by atoms with Crippen molar-refractivity contribution in [3.63, 3.8) is 0 Å². The van der Waals surface area contributed by atoms with Crippen LogP contribution in [0.3, 0.4) is 0 Å². The van der Waals surface area contributed by atoms with Gasteiger partial charge in [-0.2, -0.15) is 0 Å². The average Bonchev–Trinajstić information content (AvgIpc) is 3.61. The first kappa shape index (κ1) is 22.4. The molecule has 2 amide bonds. The number of benzene rings is 2. The quantitative estimate of drug-likeness (QED) is 0.676. The molecule has 0 spiro atoms. The van der Waals surface area contributed by atoms with Crippen LogP contribution in [0.4, 0.5) is 4.79 Å². The molecule has 0 aromatic heterocycles. The minimum Gasteiger partial charge on any atom is -0.480 e. The van der Waals surface area contributed by atoms with E-state index in [1.54, 1.807) is 4.90 Å². The zero-order valence-electron chi connectivity index (χ0n) is 19.1. The molecule has 34 heavy (non-hydrogen) atoms. The third-order valence-corrected chi connectivity index (χ3v) is 7.41. The molecule has 5 rings (SSSR count). The third-order valence-electron chi connectivity index (χ3n) is 7.41. The van der Waals surface area contributed by atoms with Crippen molar-refractivity contribution in [2.45, 2.75) is 44.1 Å². The Bertz CT molecular complexity index is 1050. The molecule has 2 fully saturated rings. The molecule has 1 unspecified atom stereocenters. The normalized spacial score (nSPS) is 23.4. The van der Waals surface area contributed by atoms with E-state index in [1.807, 2.05) is 24.3 Å². The van der Waals surface area contributed by atoms with Gasteiger partial charge in [0.1, 0.15) is 12.6 Å². The van der Waals surface area contributed by atoms with Crippen LogP contribution in [-0.4, -0.2) is 53.7 Å². The Labute approximate surface area is 199 Å². The van der Waals surface area contributed by atoms with E-state index in [0.29, 0.717) is 25.9 Å². The van der Waals surface area contributed by atoms with E-state index in [9.17, 15) is 19.5 Å². The predicted molar refractivity (Wildman–Crippen MR) is 126 cm³/mol. The Balaban J connectivity index is 1.13. The van der Waals surface area contributed by atoms with Crippen molar-refractivity contribution in [1.82, 2.24) is 10.2 Å². The van der Waals surface area contributed by atoms with Crippen LogP contribution in [0, 0.1) is 11.8 Å². The number of likely N-dealkylation sites (tertiary alicyclic amines) is 1. The molecule has 3 aliphatic rings. The van der Waals surface area contributed by atoms with E-state index in [-0.39, 0.29) is 30.3 Å². The number of hydrogen-bond donors (Lipinski definition) is 2. The first-order valence-corrected chi connectivity index (χ1v) is 12.2. The van der Waals surface area contributed by atoms with Crippen LogP contribution in [0.2, 0.25) is 0 Å². The fourth-order valence-electron chi connectivity index (χ4n) is 5.48. The number of hydrogen-bond acceptors (Lipinski definition) is 4. The molecule has 7 heteroatoms. The van der Waals surface area contributed by atoms with Crippen molar-refractivity contribution in [2.24, 2.45) is 11.8 Å². The number of carboxylic acids is 1. The Morgan fingerprint density at radius 1 is 0.971 bits per heavy atom. The third kappa shape index (κ3) is 4.39. The van der Waals surface area contributed by atoms with Gasteiger partial charge < -0.3 is 20.1 Å². The Hall–Kier alpha value is -3.35. The Morgan fingerprint density at radius 3 is 2.32 bits per heavy atom. The van der Waals surface area contributed by atoms with Gasteiger partial charge in [0.2, 0.25) is 5.91 Å². The second kappa shape index (κ2) is 9.49. The molecule has 0 radical (unpaired) electrons. The number of fused-ring (bicyclic) bond motifs is 3. The summed E-state index contributed by atoms with van der Waals surface area (Å²) >= 11 is 0. The molecular weight excluding hydrogens is 432 g/mol. The lowest BCUT2D eigenvalue weighted by Gasteiger charge is -2.27. The summed E-state index contributed by atoms with van der Waals surface area (Å²) in [6, 6.07) is 15.7. The van der Waals surface area contributed by atoms with E-state index < -0.39 is 18.1 Å². The standard InChI is InChI=1S/C27H30N2O5/c30-25(29-13-7-1-2-12-24(29)26(31)32)22-14-17(22)15-28-27(33)34-16-23-20-10-5-3-8-18(20)19-9-4-6-11-21(19)23/h3-6,8-11,17,22-24H,1-2,7,12-16H2,(H,28,33)(H,31,32)/t17-,22-,24?/m1/s1. The van der Waals surface area contributed by atoms with Crippen LogP contribution in [0.15, 0.2) is 48.5 Å². The fraction of sp³-hybridized carbons (Fsp3) is 0.444. The summed E-state index contributed by atoms with van der Waals surface area (Å²) in [6.07, 6.45) is 3.31. The zero-order chi connectivity index (χ0) is 23.7. The van der Waals surface area contributed by atoms with Gasteiger partial charge in [0, 0.05) is 24.9 Å². The number of ether oxygens (including phenoxy) is 1. The summed E-state index contributed by atoms with van der Waals surface area (Å²) in [4.78, 5) is 38.5. The van der Waals surface area contributed by atoms with Crippen LogP contribution >= 0.6 is 0 Å². The summed E-state index contributed by atoms with van der Waals surface area (Å²) in [5.41, 5.74) is 4.68. The molecule has 1 aliphatic heterocycles. The molecular formula is C27H30N2O5. The van der Waals surface area contributed by atoms with Crippen molar-refractivity contribution in [2.75, 3.05) is 19.7 Å². The average molecular weight is 463 g/mol. The molecule has 2 aromatic carbocycles. The first-order valence-electron chi connectivity index (χ1n) is 12.2. The highest BCUT2D eigenvalue weighted by Gasteiger charge is 2.47. The topological polar surface area (TPSA) is 95.9 Å². The summed E-state index contributed by atoms with van der Waals surface area (Å²) < 4.78 is 5.57. The van der Waals surface area contributed by atoms with E-state index in [4.69, 9.17) is 4.74 Å². The number of rotatable bonds is 6. The number of amides is 2. The molecule has 2 aromatic rings. The summed E-state index contributed by atoms with van der Waals surface area (Å²) in [5, 5.41) is 12.3. The van der Waals surface area contributed by atoms with Crippen LogP contribution in [0.25, 0.3) is 11.1 Å². The van der Waals surface area contributed by atoms with Crippen molar-refractivity contribution in [3.05, 3.63) is 59.7 Å².